The molecule has 0 amide bonds. The summed E-state index contributed by atoms with van der Waals surface area (Å²) >= 11 is 0. The van der Waals surface area contributed by atoms with Crippen molar-refractivity contribution in [1.82, 2.24) is 23.1 Å². The third-order valence-electron chi connectivity index (χ3n) is 4.59. The van der Waals surface area contributed by atoms with Crippen molar-refractivity contribution in [1.29, 1.82) is 0 Å². The topological polar surface area (TPSA) is 66.2 Å². The van der Waals surface area contributed by atoms with Crippen LogP contribution >= 0.6 is 0 Å². The van der Waals surface area contributed by atoms with Crippen molar-refractivity contribution in [2.45, 2.75) is 13.5 Å². The van der Waals surface area contributed by atoms with E-state index in [0.717, 1.165) is 10.3 Å². The van der Waals surface area contributed by atoms with E-state index in [4.69, 9.17) is 0 Å². The van der Waals surface area contributed by atoms with E-state index in [1.54, 1.807) is 35.8 Å². The Balaban J connectivity index is 2.07. The zero-order chi connectivity index (χ0) is 17.9. The van der Waals surface area contributed by atoms with Crippen LogP contribution in [0.25, 0.3) is 16.9 Å². The molecule has 8 heteroatoms. The number of fused-ring (bicyclic) bond motifs is 3. The summed E-state index contributed by atoms with van der Waals surface area (Å²) in [6, 6.07) is 6.10. The van der Waals surface area contributed by atoms with Crippen molar-refractivity contribution in [2.75, 3.05) is 0 Å². The highest BCUT2D eigenvalue weighted by Gasteiger charge is 2.19. The van der Waals surface area contributed by atoms with Gasteiger partial charge >= 0.3 is 5.69 Å². The number of halogens is 1. The van der Waals surface area contributed by atoms with Gasteiger partial charge in [0.05, 0.1) is 6.54 Å². The minimum atomic E-state index is -0.527. The van der Waals surface area contributed by atoms with Gasteiger partial charge in [0.2, 0.25) is 5.78 Å². The molecule has 4 aromatic rings. The van der Waals surface area contributed by atoms with Gasteiger partial charge in [-0.05, 0) is 13.0 Å². The second kappa shape index (κ2) is 5.17. The highest BCUT2D eigenvalue weighted by molar-refractivity contribution is 5.75. The first kappa shape index (κ1) is 15.4. The molecule has 0 saturated heterocycles. The van der Waals surface area contributed by atoms with Gasteiger partial charge in [0.15, 0.2) is 11.2 Å². The molecule has 1 aromatic carbocycles. The predicted octanol–water partition coefficient (Wildman–Crippen LogP) is 1.18. The summed E-state index contributed by atoms with van der Waals surface area (Å²) in [5, 5.41) is 0. The van der Waals surface area contributed by atoms with E-state index < -0.39 is 17.1 Å². The molecule has 7 nitrogen and oxygen atoms in total. The lowest BCUT2D eigenvalue weighted by Crippen LogP contribution is -2.39. The molecule has 4 rings (SSSR count). The molecule has 0 aliphatic heterocycles. The zero-order valence-electron chi connectivity index (χ0n) is 14.0. The van der Waals surface area contributed by atoms with Gasteiger partial charge < -0.3 is 4.57 Å². The number of aromatic nitrogens is 5. The second-order valence-electron chi connectivity index (χ2n) is 6.11. The highest BCUT2D eigenvalue weighted by atomic mass is 19.1. The van der Waals surface area contributed by atoms with Crippen LogP contribution in [0.5, 0.6) is 0 Å². The fraction of sp³-hybridized carbons (Fsp3) is 0.235. The largest absolute Gasteiger partial charge is 0.332 e. The number of nitrogens with zero attached hydrogens (tertiary/aromatic N) is 5. The first-order valence-corrected chi connectivity index (χ1v) is 7.77. The molecule has 0 radical (unpaired) electrons. The molecule has 128 valence electrons. The Morgan fingerprint density at radius 2 is 1.84 bits per heavy atom. The summed E-state index contributed by atoms with van der Waals surface area (Å²) in [6.45, 7) is 1.77. The lowest BCUT2D eigenvalue weighted by atomic mass is 10.2. The van der Waals surface area contributed by atoms with Crippen molar-refractivity contribution < 1.29 is 4.39 Å². The van der Waals surface area contributed by atoms with Crippen molar-refractivity contribution in [3.05, 3.63) is 68.4 Å². The molecule has 0 unspecified atom stereocenters. The molecule has 3 heterocycles. The molecule has 0 spiro atoms. The molecule has 0 aliphatic carbocycles. The summed E-state index contributed by atoms with van der Waals surface area (Å²) in [6.07, 6.45) is 1.80. The maximum Gasteiger partial charge on any atom is 0.332 e. The number of hydrogen-bond acceptors (Lipinski definition) is 3. The number of aryl methyl sites for hydroxylation is 3. The van der Waals surface area contributed by atoms with Crippen LogP contribution in [0.3, 0.4) is 0 Å². The molecular weight excluding hydrogens is 325 g/mol. The molecule has 25 heavy (non-hydrogen) atoms. The van der Waals surface area contributed by atoms with Gasteiger partial charge in [0.1, 0.15) is 5.82 Å². The van der Waals surface area contributed by atoms with E-state index in [2.05, 4.69) is 4.98 Å². The molecule has 0 N–H and O–H groups in total. The second-order valence-corrected chi connectivity index (χ2v) is 6.11. The van der Waals surface area contributed by atoms with Gasteiger partial charge in [-0.25, -0.2) is 9.18 Å². The lowest BCUT2D eigenvalue weighted by Gasteiger charge is -2.08. The molecule has 0 aliphatic rings. The average Bonchev–Trinajstić information content (AvgIpc) is 3.08. The fourth-order valence-corrected chi connectivity index (χ4v) is 3.05. The monoisotopic (exact) mass is 341 g/mol. The van der Waals surface area contributed by atoms with Crippen LogP contribution in [0.1, 0.15) is 11.3 Å². The molecular formula is C17H16FN5O2. The minimum Gasteiger partial charge on any atom is -0.317 e. The maximum atomic E-state index is 14.0. The third-order valence-corrected chi connectivity index (χ3v) is 4.59. The lowest BCUT2D eigenvalue weighted by molar-refractivity contribution is 0.582. The smallest absolute Gasteiger partial charge is 0.317 e. The van der Waals surface area contributed by atoms with Crippen LogP contribution < -0.4 is 11.2 Å². The summed E-state index contributed by atoms with van der Waals surface area (Å²) in [5.74, 6) is 0.119. The third kappa shape index (κ3) is 2.07. The van der Waals surface area contributed by atoms with Crippen LogP contribution in [-0.2, 0) is 20.6 Å². The number of rotatable bonds is 2. The molecule has 0 saturated carbocycles. The summed E-state index contributed by atoms with van der Waals surface area (Å²) in [7, 11) is 3.40. The first-order valence-electron chi connectivity index (χ1n) is 7.77. The Bertz CT molecular complexity index is 1260. The minimum absolute atomic E-state index is 0.132. The Hall–Kier alpha value is -3.16. The Labute approximate surface area is 141 Å². The normalized spacial score (nSPS) is 11.7. The van der Waals surface area contributed by atoms with Crippen LogP contribution in [0.15, 0.2) is 40.1 Å². The number of imidazole rings is 2. The van der Waals surface area contributed by atoms with E-state index in [0.29, 0.717) is 16.9 Å². The Kier molecular flexibility index (Phi) is 3.18. The van der Waals surface area contributed by atoms with E-state index >= 15 is 0 Å². The van der Waals surface area contributed by atoms with Crippen molar-refractivity contribution in [3.63, 3.8) is 0 Å². The Morgan fingerprint density at radius 3 is 2.56 bits per heavy atom. The van der Waals surface area contributed by atoms with Crippen LogP contribution in [-0.4, -0.2) is 23.1 Å². The quantitative estimate of drug-likeness (QED) is 0.550. The van der Waals surface area contributed by atoms with Crippen LogP contribution in [0.4, 0.5) is 4.39 Å². The Morgan fingerprint density at radius 1 is 1.12 bits per heavy atom. The summed E-state index contributed by atoms with van der Waals surface area (Å²) < 4.78 is 19.8. The number of hydrogen-bond donors (Lipinski definition) is 0. The summed E-state index contributed by atoms with van der Waals surface area (Å²) in [4.78, 5) is 30.0. The predicted molar refractivity (Wildman–Crippen MR) is 91.4 cm³/mol. The van der Waals surface area contributed by atoms with Crippen LogP contribution in [0.2, 0.25) is 0 Å². The van der Waals surface area contributed by atoms with E-state index in [1.165, 1.54) is 10.6 Å². The van der Waals surface area contributed by atoms with Gasteiger partial charge in [-0.15, -0.1) is 0 Å². The fourth-order valence-electron chi connectivity index (χ4n) is 3.05. The van der Waals surface area contributed by atoms with E-state index in [1.807, 2.05) is 18.5 Å². The molecule has 0 fully saturated rings. The van der Waals surface area contributed by atoms with Crippen molar-refractivity contribution in [2.24, 2.45) is 14.1 Å². The zero-order valence-corrected chi connectivity index (χ0v) is 14.0. The van der Waals surface area contributed by atoms with Gasteiger partial charge in [-0.3, -0.25) is 18.3 Å². The molecule has 0 atom stereocenters. The van der Waals surface area contributed by atoms with Gasteiger partial charge in [0, 0.05) is 31.5 Å². The van der Waals surface area contributed by atoms with Crippen molar-refractivity contribution in [3.8, 4) is 0 Å². The van der Waals surface area contributed by atoms with Gasteiger partial charge in [-0.2, -0.15) is 4.98 Å². The van der Waals surface area contributed by atoms with Gasteiger partial charge in [0.25, 0.3) is 5.56 Å². The van der Waals surface area contributed by atoms with E-state index in [9.17, 15) is 14.0 Å². The van der Waals surface area contributed by atoms with Crippen molar-refractivity contribution >= 4 is 16.9 Å². The average molecular weight is 341 g/mol. The maximum absolute atomic E-state index is 14.0. The standard InChI is InChI=1S/C17H16FN5O2/c1-10-8-22-13-14(19-16(22)20(10)2)21(3)17(25)23(15(13)24)9-11-6-4-5-7-12(11)18/h4-8H,9H2,1-3H3. The molecule has 0 bridgehead atoms. The van der Waals surface area contributed by atoms with E-state index in [-0.39, 0.29) is 12.1 Å². The SMILES string of the molecule is Cc1cn2c3c(=O)n(Cc4ccccc4F)c(=O)n(C)c3nc2n1C. The number of benzene rings is 1. The summed E-state index contributed by atoms with van der Waals surface area (Å²) in [5.41, 5.74) is 0.812. The first-order chi connectivity index (χ1) is 11.9. The highest BCUT2D eigenvalue weighted by Crippen LogP contribution is 2.15. The van der Waals surface area contributed by atoms with Crippen LogP contribution in [0, 0.1) is 12.7 Å². The molecule has 3 aromatic heterocycles. The van der Waals surface area contributed by atoms with Gasteiger partial charge in [-0.1, -0.05) is 18.2 Å².